The van der Waals surface area contributed by atoms with E-state index >= 15 is 0 Å². The van der Waals surface area contributed by atoms with Crippen LogP contribution in [0.2, 0.25) is 0 Å². The highest BCUT2D eigenvalue weighted by Crippen LogP contribution is 2.34. The molecular weight excluding hydrogens is 343 g/mol. The van der Waals surface area contributed by atoms with Gasteiger partial charge in [-0.2, -0.15) is 13.2 Å². The zero-order chi connectivity index (χ0) is 19.5. The minimum atomic E-state index is -4.43. The lowest BCUT2D eigenvalue weighted by Crippen LogP contribution is -2.44. The van der Waals surface area contributed by atoms with Crippen molar-refractivity contribution < 1.29 is 18.0 Å². The predicted octanol–water partition coefficient (Wildman–Crippen LogP) is 3.28. The van der Waals surface area contributed by atoms with E-state index in [-0.39, 0.29) is 17.9 Å². The third kappa shape index (κ3) is 4.38. The van der Waals surface area contributed by atoms with Crippen LogP contribution in [0.1, 0.15) is 44.4 Å². The van der Waals surface area contributed by atoms with E-state index < -0.39 is 17.8 Å². The quantitative estimate of drug-likeness (QED) is 0.835. The Balaban J connectivity index is 2.40. The van der Waals surface area contributed by atoms with Crippen molar-refractivity contribution in [3.63, 3.8) is 0 Å². The molecule has 1 aromatic carbocycles. The Bertz CT molecular complexity index is 616. The van der Waals surface area contributed by atoms with Gasteiger partial charge in [-0.15, -0.1) is 0 Å². The van der Waals surface area contributed by atoms with Gasteiger partial charge in [0, 0.05) is 12.6 Å². The Morgan fingerprint density at radius 3 is 2.50 bits per heavy atom. The number of nitrogens with two attached hydrogens (primary N) is 1. The summed E-state index contributed by atoms with van der Waals surface area (Å²) in [7, 11) is 0. The lowest BCUT2D eigenvalue weighted by molar-refractivity contribution is -0.139. The number of rotatable bonds is 6. The van der Waals surface area contributed by atoms with Gasteiger partial charge in [0.05, 0.1) is 5.56 Å². The van der Waals surface area contributed by atoms with Crippen LogP contribution in [0.3, 0.4) is 0 Å². The Morgan fingerprint density at radius 2 is 2.00 bits per heavy atom. The van der Waals surface area contributed by atoms with Gasteiger partial charge in [0.2, 0.25) is 5.91 Å². The first-order valence-corrected chi connectivity index (χ1v) is 9.14. The van der Waals surface area contributed by atoms with Gasteiger partial charge in [-0.1, -0.05) is 26.0 Å². The lowest BCUT2D eigenvalue weighted by atomic mass is 10.0. The largest absolute Gasteiger partial charge is 0.416 e. The van der Waals surface area contributed by atoms with Crippen molar-refractivity contribution in [3.05, 3.63) is 35.4 Å². The summed E-state index contributed by atoms with van der Waals surface area (Å²) in [5.74, 6) is 0.101. The molecule has 7 heteroatoms. The van der Waals surface area contributed by atoms with Crippen LogP contribution in [-0.4, -0.2) is 47.9 Å². The minimum absolute atomic E-state index is 0.0416. The molecule has 2 rings (SSSR count). The molecule has 3 unspecified atom stereocenters. The van der Waals surface area contributed by atoms with Gasteiger partial charge in [0.15, 0.2) is 0 Å². The maximum Gasteiger partial charge on any atom is 0.416 e. The second-order valence-corrected chi connectivity index (χ2v) is 6.92. The maximum absolute atomic E-state index is 13.3. The topological polar surface area (TPSA) is 49.6 Å². The zero-order valence-electron chi connectivity index (χ0n) is 15.6. The Morgan fingerprint density at radius 1 is 1.35 bits per heavy atom. The second kappa shape index (κ2) is 8.39. The van der Waals surface area contributed by atoms with Gasteiger partial charge < -0.3 is 10.6 Å². The number of amides is 1. The molecule has 2 N–H and O–H groups in total. The van der Waals surface area contributed by atoms with Gasteiger partial charge in [0.1, 0.15) is 6.04 Å². The molecule has 1 heterocycles. The van der Waals surface area contributed by atoms with Crippen LogP contribution < -0.4 is 5.73 Å². The van der Waals surface area contributed by atoms with E-state index in [0.29, 0.717) is 31.7 Å². The van der Waals surface area contributed by atoms with Crippen molar-refractivity contribution >= 4 is 5.91 Å². The number of likely N-dealkylation sites (N-methyl/N-ethyl adjacent to an activating group) is 1. The summed E-state index contributed by atoms with van der Waals surface area (Å²) in [6.07, 6.45) is -3.60. The molecule has 26 heavy (non-hydrogen) atoms. The number of halogens is 3. The first-order chi connectivity index (χ1) is 12.2. The fraction of sp³-hybridized carbons (Fsp3) is 0.632. The predicted molar refractivity (Wildman–Crippen MR) is 95.4 cm³/mol. The van der Waals surface area contributed by atoms with Crippen LogP contribution in [0, 0.1) is 5.92 Å². The summed E-state index contributed by atoms with van der Waals surface area (Å²) in [5, 5.41) is 0. The summed E-state index contributed by atoms with van der Waals surface area (Å²) < 4.78 is 39.4. The smallest absolute Gasteiger partial charge is 0.338 e. The van der Waals surface area contributed by atoms with Gasteiger partial charge in [-0.3, -0.25) is 9.69 Å². The molecule has 1 fully saturated rings. The number of carbonyl (C=O) groups is 1. The molecule has 146 valence electrons. The third-order valence-electron chi connectivity index (χ3n) is 5.22. The average molecular weight is 371 g/mol. The second-order valence-electron chi connectivity index (χ2n) is 6.92. The molecule has 4 nitrogen and oxygen atoms in total. The van der Waals surface area contributed by atoms with Crippen molar-refractivity contribution in [2.45, 2.75) is 45.5 Å². The summed E-state index contributed by atoms with van der Waals surface area (Å²) in [5.41, 5.74) is 5.41. The molecule has 0 aliphatic carbocycles. The molecule has 1 saturated heterocycles. The fourth-order valence-electron chi connectivity index (χ4n) is 3.76. The molecule has 1 aliphatic rings. The summed E-state index contributed by atoms with van der Waals surface area (Å²) in [6.45, 7) is 8.01. The van der Waals surface area contributed by atoms with Gasteiger partial charge in [0.25, 0.3) is 0 Å². The van der Waals surface area contributed by atoms with Crippen molar-refractivity contribution in [1.29, 1.82) is 0 Å². The first-order valence-electron chi connectivity index (χ1n) is 9.14. The first kappa shape index (κ1) is 20.7. The molecule has 0 saturated carbocycles. The maximum atomic E-state index is 13.3. The SMILES string of the molecule is CCN(CC)C(C(=O)N1CC(CN)CC1C)c1cccc(C(F)(F)F)c1. The van der Waals surface area contributed by atoms with Gasteiger partial charge in [-0.25, -0.2) is 0 Å². The molecule has 1 aliphatic heterocycles. The fourth-order valence-corrected chi connectivity index (χ4v) is 3.76. The van der Waals surface area contributed by atoms with E-state index in [9.17, 15) is 18.0 Å². The molecule has 3 atom stereocenters. The molecule has 0 bridgehead atoms. The third-order valence-corrected chi connectivity index (χ3v) is 5.22. The van der Waals surface area contributed by atoms with Crippen LogP contribution in [0.5, 0.6) is 0 Å². The molecular formula is C19H28F3N3O. The number of likely N-dealkylation sites (tertiary alicyclic amines) is 1. The van der Waals surface area contributed by atoms with Crippen LogP contribution in [-0.2, 0) is 11.0 Å². The summed E-state index contributed by atoms with van der Waals surface area (Å²) in [6, 6.07) is 4.44. The van der Waals surface area contributed by atoms with E-state index in [1.54, 1.807) is 11.0 Å². The van der Waals surface area contributed by atoms with Crippen LogP contribution in [0.4, 0.5) is 13.2 Å². The summed E-state index contributed by atoms with van der Waals surface area (Å²) >= 11 is 0. The number of hydrogen-bond donors (Lipinski definition) is 1. The van der Waals surface area contributed by atoms with E-state index in [1.807, 2.05) is 25.7 Å². The Labute approximate surface area is 153 Å². The monoisotopic (exact) mass is 371 g/mol. The Kier molecular flexibility index (Phi) is 6.69. The molecule has 1 aromatic rings. The molecule has 0 aromatic heterocycles. The van der Waals surface area contributed by atoms with E-state index in [1.165, 1.54) is 6.07 Å². The number of nitrogens with zero attached hydrogens (tertiary/aromatic N) is 2. The normalized spacial score (nSPS) is 22.1. The van der Waals surface area contributed by atoms with E-state index in [4.69, 9.17) is 5.73 Å². The number of hydrogen-bond acceptors (Lipinski definition) is 3. The van der Waals surface area contributed by atoms with Gasteiger partial charge >= 0.3 is 6.18 Å². The number of benzene rings is 1. The van der Waals surface area contributed by atoms with Crippen molar-refractivity contribution in [3.8, 4) is 0 Å². The minimum Gasteiger partial charge on any atom is -0.338 e. The van der Waals surface area contributed by atoms with E-state index in [0.717, 1.165) is 18.6 Å². The lowest BCUT2D eigenvalue weighted by Gasteiger charge is -2.34. The van der Waals surface area contributed by atoms with Crippen LogP contribution >= 0.6 is 0 Å². The zero-order valence-corrected chi connectivity index (χ0v) is 15.6. The van der Waals surface area contributed by atoms with Gasteiger partial charge in [-0.05, 0) is 56.6 Å². The highest BCUT2D eigenvalue weighted by atomic mass is 19.4. The van der Waals surface area contributed by atoms with Crippen molar-refractivity contribution in [2.75, 3.05) is 26.2 Å². The Hall–Kier alpha value is -1.60. The van der Waals surface area contributed by atoms with Crippen molar-refractivity contribution in [1.82, 2.24) is 9.80 Å². The van der Waals surface area contributed by atoms with E-state index in [2.05, 4.69) is 0 Å². The summed E-state index contributed by atoms with van der Waals surface area (Å²) in [4.78, 5) is 17.0. The van der Waals surface area contributed by atoms with Crippen LogP contribution in [0.25, 0.3) is 0 Å². The molecule has 0 spiro atoms. The number of carbonyl (C=O) groups excluding carboxylic acids is 1. The number of alkyl halides is 3. The standard InChI is InChI=1S/C19H28F3N3O/c1-4-24(5-2)17(15-7-6-8-16(10-15)19(20,21)22)18(26)25-12-14(11-23)9-13(25)3/h6-8,10,13-14,17H,4-5,9,11-12,23H2,1-3H3. The average Bonchev–Trinajstić information content (AvgIpc) is 2.99. The molecule has 1 amide bonds. The van der Waals surface area contributed by atoms with Crippen LogP contribution in [0.15, 0.2) is 24.3 Å². The highest BCUT2D eigenvalue weighted by Gasteiger charge is 2.38. The molecule has 0 radical (unpaired) electrons. The highest BCUT2D eigenvalue weighted by molar-refractivity contribution is 5.84. The van der Waals surface area contributed by atoms with Crippen molar-refractivity contribution in [2.24, 2.45) is 11.7 Å².